The third kappa shape index (κ3) is 3.29. The Hall–Kier alpha value is -1.46. The summed E-state index contributed by atoms with van der Waals surface area (Å²) in [6.45, 7) is 4.30. The zero-order valence-corrected chi connectivity index (χ0v) is 9.22. The first kappa shape index (κ1) is 12.6. The van der Waals surface area contributed by atoms with E-state index in [-0.39, 0.29) is 37.5 Å². The molecule has 8 heteroatoms. The second-order valence-electron chi connectivity index (χ2n) is 3.79. The number of hydrogen-bond acceptors (Lipinski definition) is 4. The molecular formula is C8H14N6O2. The molecule has 0 saturated carbocycles. The van der Waals surface area contributed by atoms with Gasteiger partial charge in [0.2, 0.25) is 0 Å². The van der Waals surface area contributed by atoms with Gasteiger partial charge in [0.25, 0.3) is 0 Å². The first-order valence-electron chi connectivity index (χ1n) is 5.01. The van der Waals surface area contributed by atoms with Gasteiger partial charge in [-0.2, -0.15) is 0 Å². The van der Waals surface area contributed by atoms with Crippen LogP contribution in [-0.4, -0.2) is 31.6 Å². The molecule has 0 aromatic heterocycles. The highest BCUT2D eigenvalue weighted by Gasteiger charge is 2.36. The van der Waals surface area contributed by atoms with Gasteiger partial charge in [-0.25, -0.2) is 0 Å². The van der Waals surface area contributed by atoms with Crippen LogP contribution in [0.4, 0.5) is 0 Å². The average Bonchev–Trinajstić information content (AvgIpc) is 2.67. The maximum Gasteiger partial charge on any atom is 0.160 e. The Morgan fingerprint density at radius 2 is 1.50 bits per heavy atom. The van der Waals surface area contributed by atoms with Crippen LogP contribution in [0.1, 0.15) is 13.8 Å². The van der Waals surface area contributed by atoms with Crippen molar-refractivity contribution in [2.75, 3.05) is 13.1 Å². The van der Waals surface area contributed by atoms with Crippen LogP contribution in [0.3, 0.4) is 0 Å². The zero-order valence-electron chi connectivity index (χ0n) is 9.22. The normalized spacial score (nSPS) is 28.6. The summed E-state index contributed by atoms with van der Waals surface area (Å²) < 4.78 is 11.1. The molecule has 1 fully saturated rings. The topological polar surface area (TPSA) is 116 Å². The van der Waals surface area contributed by atoms with Crippen molar-refractivity contribution in [1.29, 1.82) is 0 Å². The maximum absolute atomic E-state index is 8.24. The third-order valence-electron chi connectivity index (χ3n) is 2.23. The molecule has 1 heterocycles. The minimum absolute atomic E-state index is 0.186. The van der Waals surface area contributed by atoms with Crippen molar-refractivity contribution in [3.8, 4) is 0 Å². The van der Waals surface area contributed by atoms with E-state index in [0.29, 0.717) is 0 Å². The van der Waals surface area contributed by atoms with Crippen LogP contribution in [0.15, 0.2) is 10.2 Å². The van der Waals surface area contributed by atoms with Crippen LogP contribution in [0.5, 0.6) is 0 Å². The summed E-state index contributed by atoms with van der Waals surface area (Å²) in [4.78, 5) is 5.34. The predicted molar refractivity (Wildman–Crippen MR) is 56.4 cm³/mol. The molecule has 1 saturated heterocycles. The van der Waals surface area contributed by atoms with E-state index in [0.717, 1.165) is 0 Å². The molecule has 88 valence electrons. The Kier molecular flexibility index (Phi) is 4.88. The van der Waals surface area contributed by atoms with E-state index >= 15 is 0 Å². The minimum Gasteiger partial charge on any atom is -0.346 e. The van der Waals surface area contributed by atoms with E-state index in [2.05, 4.69) is 20.1 Å². The summed E-state index contributed by atoms with van der Waals surface area (Å²) in [6.07, 6.45) is -1.01. The fourth-order valence-corrected chi connectivity index (χ4v) is 1.42. The molecular weight excluding hydrogens is 216 g/mol. The number of azide groups is 2. The lowest BCUT2D eigenvalue weighted by Gasteiger charge is -2.13. The van der Waals surface area contributed by atoms with E-state index in [9.17, 15) is 0 Å². The molecule has 0 aromatic carbocycles. The van der Waals surface area contributed by atoms with Gasteiger partial charge >= 0.3 is 0 Å². The van der Waals surface area contributed by atoms with Gasteiger partial charge in [0, 0.05) is 15.7 Å². The first-order valence-corrected chi connectivity index (χ1v) is 5.01. The lowest BCUT2D eigenvalue weighted by atomic mass is 10.2. The molecule has 0 bridgehead atoms. The molecule has 0 aromatic rings. The summed E-state index contributed by atoms with van der Waals surface area (Å²) in [5, 5.41) is 6.89. The molecule has 0 spiro atoms. The van der Waals surface area contributed by atoms with Gasteiger partial charge < -0.3 is 9.47 Å². The standard InChI is InChI=1S/C8H14N6O2/c1-5(2)8-15-6(3-11-13-9)7(16-8)4-12-14-10/h5-8H,3-4H2,1-2H3/t6-,7-/m1/s1/i3+2,4+2. The van der Waals surface area contributed by atoms with Crippen LogP contribution in [0, 0.1) is 5.92 Å². The van der Waals surface area contributed by atoms with E-state index in [1.807, 2.05) is 13.8 Å². The fraction of sp³-hybridized carbons (Fsp3) is 1.00. The lowest BCUT2D eigenvalue weighted by molar-refractivity contribution is -0.0934. The summed E-state index contributed by atoms with van der Waals surface area (Å²) in [6, 6.07) is 0. The maximum atomic E-state index is 8.24. The van der Waals surface area contributed by atoms with Crippen LogP contribution < -0.4 is 0 Å². The van der Waals surface area contributed by atoms with E-state index in [4.69, 9.17) is 20.5 Å². The van der Waals surface area contributed by atoms with Crippen molar-refractivity contribution >= 4 is 0 Å². The van der Waals surface area contributed by atoms with Crippen molar-refractivity contribution in [2.45, 2.75) is 32.3 Å². The molecule has 0 aliphatic carbocycles. The van der Waals surface area contributed by atoms with Gasteiger partial charge in [0.05, 0.1) is 25.3 Å². The fourth-order valence-electron chi connectivity index (χ4n) is 1.42. The number of rotatable bonds is 5. The van der Waals surface area contributed by atoms with Gasteiger partial charge in [0.1, 0.15) is 0 Å². The summed E-state index contributed by atoms with van der Waals surface area (Å²) >= 11 is 0. The van der Waals surface area contributed by atoms with Crippen molar-refractivity contribution in [1.82, 2.24) is 0 Å². The van der Waals surface area contributed by atoms with Gasteiger partial charge in [-0.1, -0.05) is 24.1 Å². The summed E-state index contributed by atoms with van der Waals surface area (Å²) in [5.41, 5.74) is 16.5. The lowest BCUT2D eigenvalue weighted by Crippen LogP contribution is -2.27. The Balaban J connectivity index is 2.62. The highest BCUT2D eigenvalue weighted by Crippen LogP contribution is 2.24. The van der Waals surface area contributed by atoms with Crippen LogP contribution in [0.25, 0.3) is 20.9 Å². The van der Waals surface area contributed by atoms with Gasteiger partial charge in [-0.15, -0.1) is 0 Å². The average molecular weight is 230 g/mol. The molecule has 1 rings (SSSR count). The van der Waals surface area contributed by atoms with Gasteiger partial charge in [-0.3, -0.25) is 0 Å². The van der Waals surface area contributed by atoms with E-state index in [1.165, 1.54) is 0 Å². The summed E-state index contributed by atoms with van der Waals surface area (Å²) in [7, 11) is 0. The number of ether oxygens (including phenoxy) is 2. The molecule has 0 unspecified atom stereocenters. The summed E-state index contributed by atoms with van der Waals surface area (Å²) in [5.74, 6) is 0.199. The smallest absolute Gasteiger partial charge is 0.160 e. The zero-order chi connectivity index (χ0) is 12.0. The monoisotopic (exact) mass is 230 g/mol. The van der Waals surface area contributed by atoms with E-state index < -0.39 is 0 Å². The van der Waals surface area contributed by atoms with Crippen molar-refractivity contribution in [3.05, 3.63) is 20.9 Å². The Bertz CT molecular complexity index is 292. The largest absolute Gasteiger partial charge is 0.346 e. The van der Waals surface area contributed by atoms with Gasteiger partial charge in [-0.05, 0) is 11.1 Å². The molecule has 8 nitrogen and oxygen atoms in total. The van der Waals surface area contributed by atoms with E-state index in [1.54, 1.807) is 0 Å². The third-order valence-corrected chi connectivity index (χ3v) is 2.23. The van der Waals surface area contributed by atoms with Crippen LogP contribution >= 0.6 is 0 Å². The molecule has 0 radical (unpaired) electrons. The predicted octanol–water partition coefficient (Wildman–Crippen LogP) is 2.37. The minimum atomic E-state index is -0.339. The van der Waals surface area contributed by atoms with Crippen LogP contribution in [-0.2, 0) is 9.47 Å². The molecule has 16 heavy (non-hydrogen) atoms. The Morgan fingerprint density at radius 3 is 1.81 bits per heavy atom. The Labute approximate surface area is 92.8 Å². The van der Waals surface area contributed by atoms with Crippen molar-refractivity contribution in [3.63, 3.8) is 0 Å². The Morgan fingerprint density at radius 1 is 1.06 bits per heavy atom. The molecule has 2 atom stereocenters. The highest BCUT2D eigenvalue weighted by molar-refractivity contribution is 4.82. The van der Waals surface area contributed by atoms with Gasteiger partial charge in [0.15, 0.2) is 6.29 Å². The van der Waals surface area contributed by atoms with Crippen molar-refractivity contribution < 1.29 is 9.47 Å². The SMILES string of the molecule is CC(C)C1O[C@H]([14CH2]N=[N+]=[N-])[C@@H]([14CH2]N=[N+]=[N-])O1. The van der Waals surface area contributed by atoms with Crippen LogP contribution in [0.2, 0.25) is 0 Å². The second kappa shape index (κ2) is 6.19. The molecule has 1 aliphatic heterocycles. The molecule has 0 amide bonds. The quantitative estimate of drug-likeness (QED) is 0.409. The number of hydrogen-bond donors (Lipinski definition) is 0. The first-order chi connectivity index (χ1) is 7.69. The highest BCUT2D eigenvalue weighted by atomic mass is 16.7. The molecule has 1 aliphatic rings. The molecule has 0 N–H and O–H groups in total. The second-order valence-corrected chi connectivity index (χ2v) is 3.79. The number of nitrogens with zero attached hydrogens (tertiary/aromatic N) is 6. The van der Waals surface area contributed by atoms with Crippen molar-refractivity contribution in [2.24, 2.45) is 16.1 Å².